The van der Waals surface area contributed by atoms with Crippen LogP contribution in [0.3, 0.4) is 0 Å². The number of allylic oxidation sites excluding steroid dienone is 2. The third-order valence-corrected chi connectivity index (χ3v) is 14.3. The first-order chi connectivity index (χ1) is 32.9. The Labute approximate surface area is 413 Å². The van der Waals surface area contributed by atoms with E-state index in [0.717, 1.165) is 51.4 Å². The summed E-state index contributed by atoms with van der Waals surface area (Å²) in [7, 11) is -5.12. The van der Waals surface area contributed by atoms with Gasteiger partial charge >= 0.3 is 19.8 Å². The molecule has 0 heterocycles. The molecule has 0 bridgehead atoms. The molecule has 0 spiro atoms. The second kappa shape index (κ2) is 44.3. The van der Waals surface area contributed by atoms with Crippen molar-refractivity contribution in [2.45, 2.75) is 307 Å². The van der Waals surface area contributed by atoms with Gasteiger partial charge in [-0.2, -0.15) is 0 Å². The molecule has 1 rings (SSSR count). The van der Waals surface area contributed by atoms with Crippen molar-refractivity contribution in [3.8, 4) is 0 Å². The van der Waals surface area contributed by atoms with Gasteiger partial charge in [0.15, 0.2) is 6.10 Å². The highest BCUT2D eigenvalue weighted by atomic mass is 31.2. The Balaban J connectivity index is 2.34. The van der Waals surface area contributed by atoms with Gasteiger partial charge in [0.25, 0.3) is 0 Å². The molecule has 1 saturated carbocycles. The minimum atomic E-state index is -5.12. The lowest BCUT2D eigenvalue weighted by Crippen LogP contribution is -2.64. The van der Waals surface area contributed by atoms with Gasteiger partial charge in [0.2, 0.25) is 0 Å². The molecule has 1 fully saturated rings. The molecule has 13 nitrogen and oxygen atoms in total. The van der Waals surface area contributed by atoms with Crippen molar-refractivity contribution >= 4 is 19.8 Å². The van der Waals surface area contributed by atoms with E-state index in [9.17, 15) is 44.6 Å². The number of aliphatic hydroxyl groups excluding tert-OH is 5. The Morgan fingerprint density at radius 1 is 0.441 bits per heavy atom. The topological polar surface area (TPSA) is 210 Å². The number of phosphoric ester groups is 1. The molecule has 6 N–H and O–H groups in total. The van der Waals surface area contributed by atoms with Crippen molar-refractivity contribution in [3.05, 3.63) is 12.2 Å². The molecule has 0 aliphatic heterocycles. The van der Waals surface area contributed by atoms with Crippen molar-refractivity contribution in [1.29, 1.82) is 0 Å². The lowest BCUT2D eigenvalue weighted by Gasteiger charge is -2.41. The van der Waals surface area contributed by atoms with Gasteiger partial charge in [0.05, 0.1) is 6.61 Å². The number of esters is 2. The molecule has 0 radical (unpaired) electrons. The van der Waals surface area contributed by atoms with E-state index < -0.39 is 75.7 Å². The van der Waals surface area contributed by atoms with Gasteiger partial charge in [-0.15, -0.1) is 0 Å². The number of carbonyl (C=O) groups is 2. The number of unbranched alkanes of at least 4 members (excludes halogenated alkanes) is 34. The fraction of sp³-hybridized carbons (Fsp3) is 0.926. The largest absolute Gasteiger partial charge is 0.472 e. The van der Waals surface area contributed by atoms with Crippen molar-refractivity contribution in [2.75, 3.05) is 13.2 Å². The number of hydrogen-bond donors (Lipinski definition) is 6. The highest BCUT2D eigenvalue weighted by molar-refractivity contribution is 7.47. The number of aliphatic hydroxyl groups is 5. The molecule has 402 valence electrons. The zero-order valence-corrected chi connectivity index (χ0v) is 44.1. The molecular formula is C54H103O13P. The predicted molar refractivity (Wildman–Crippen MR) is 272 cm³/mol. The average molecular weight is 991 g/mol. The lowest BCUT2D eigenvalue weighted by atomic mass is 9.85. The second-order valence-corrected chi connectivity index (χ2v) is 21.2. The van der Waals surface area contributed by atoms with E-state index in [1.807, 2.05) is 0 Å². The van der Waals surface area contributed by atoms with Gasteiger partial charge in [-0.05, 0) is 38.5 Å². The number of carbonyl (C=O) groups excluding carboxylic acids is 2. The van der Waals surface area contributed by atoms with Crippen LogP contribution < -0.4 is 0 Å². The maximum Gasteiger partial charge on any atom is 0.472 e. The first kappa shape index (κ1) is 64.6. The van der Waals surface area contributed by atoms with Crippen LogP contribution in [-0.2, 0) is 32.7 Å². The molecule has 68 heavy (non-hydrogen) atoms. The molecular weight excluding hydrogens is 888 g/mol. The minimum absolute atomic E-state index is 0.0993. The van der Waals surface area contributed by atoms with E-state index in [-0.39, 0.29) is 12.8 Å². The van der Waals surface area contributed by atoms with Gasteiger partial charge in [-0.1, -0.05) is 225 Å². The third kappa shape index (κ3) is 35.7. The quantitative estimate of drug-likeness (QED) is 0.0145. The Morgan fingerprint density at radius 2 is 0.750 bits per heavy atom. The summed E-state index contributed by atoms with van der Waals surface area (Å²) in [6.07, 6.45) is 36.8. The maximum absolute atomic E-state index is 12.9. The fourth-order valence-electron chi connectivity index (χ4n) is 8.87. The first-order valence-electron chi connectivity index (χ1n) is 28.0. The highest BCUT2D eigenvalue weighted by Crippen LogP contribution is 2.47. The molecule has 0 aromatic carbocycles. The van der Waals surface area contributed by atoms with Crippen LogP contribution >= 0.6 is 7.82 Å². The summed E-state index contributed by atoms with van der Waals surface area (Å²) >= 11 is 0. The van der Waals surface area contributed by atoms with Crippen LogP contribution in [0.25, 0.3) is 0 Å². The molecule has 0 saturated heterocycles. The van der Waals surface area contributed by atoms with E-state index in [1.165, 1.54) is 173 Å². The normalized spacial score (nSPS) is 21.0. The molecule has 1 aliphatic rings. The lowest BCUT2D eigenvalue weighted by molar-refractivity contribution is -0.220. The standard InChI is InChI=1S/C54H103O13P/c1-3-5-7-9-11-13-15-17-19-21-23-25-26-28-30-32-34-36-38-40-42-47(55)64-44-46(45-65-68(62,63)67-54-52(60)50(58)49(57)51(59)53(54)61)66-48(56)43-41-39-37-35-33-31-29-27-24-22-20-18-16-14-12-10-8-6-4-2/h18,20,46,49-54,57-61H,3-17,19,21-45H2,1-2H3,(H,62,63)/b20-18+/t46-,49?,50-,51?,52?,53?,54?/m0/s1. The van der Waals surface area contributed by atoms with Crippen molar-refractivity contribution in [3.63, 3.8) is 0 Å². The minimum Gasteiger partial charge on any atom is -0.462 e. The summed E-state index contributed by atoms with van der Waals surface area (Å²) in [5, 5.41) is 50.3. The predicted octanol–water partition coefficient (Wildman–Crippen LogP) is 12.6. The van der Waals surface area contributed by atoms with Crippen molar-refractivity contribution in [2.24, 2.45) is 0 Å². The molecule has 0 aromatic rings. The van der Waals surface area contributed by atoms with Gasteiger partial charge in [0.1, 0.15) is 43.2 Å². The summed E-state index contributed by atoms with van der Waals surface area (Å²) < 4.78 is 33.7. The van der Waals surface area contributed by atoms with E-state index in [4.69, 9.17) is 18.5 Å². The van der Waals surface area contributed by atoms with Crippen LogP contribution in [0, 0.1) is 0 Å². The molecule has 6 unspecified atom stereocenters. The van der Waals surface area contributed by atoms with Crippen LogP contribution in [0.15, 0.2) is 12.2 Å². The summed E-state index contributed by atoms with van der Waals surface area (Å²) in [5.41, 5.74) is 0. The molecule has 8 atom stereocenters. The van der Waals surface area contributed by atoms with E-state index in [0.29, 0.717) is 12.8 Å². The second-order valence-electron chi connectivity index (χ2n) is 19.8. The van der Waals surface area contributed by atoms with Crippen LogP contribution in [0.5, 0.6) is 0 Å². The van der Waals surface area contributed by atoms with E-state index >= 15 is 0 Å². The monoisotopic (exact) mass is 991 g/mol. The van der Waals surface area contributed by atoms with Gasteiger partial charge < -0.3 is 39.9 Å². The maximum atomic E-state index is 12.9. The van der Waals surface area contributed by atoms with Crippen LogP contribution in [0.4, 0.5) is 0 Å². The van der Waals surface area contributed by atoms with E-state index in [2.05, 4.69) is 26.0 Å². The third-order valence-electron chi connectivity index (χ3n) is 13.4. The van der Waals surface area contributed by atoms with Gasteiger partial charge in [-0.3, -0.25) is 18.6 Å². The average Bonchev–Trinajstić information content (AvgIpc) is 3.32. The smallest absolute Gasteiger partial charge is 0.462 e. The van der Waals surface area contributed by atoms with Crippen LogP contribution in [0.1, 0.15) is 264 Å². The van der Waals surface area contributed by atoms with E-state index in [1.54, 1.807) is 0 Å². The van der Waals surface area contributed by atoms with Crippen molar-refractivity contribution in [1.82, 2.24) is 0 Å². The number of ether oxygens (including phenoxy) is 2. The van der Waals surface area contributed by atoms with Crippen molar-refractivity contribution < 1.29 is 63.1 Å². The number of phosphoric acid groups is 1. The van der Waals surface area contributed by atoms with Crippen LogP contribution in [0.2, 0.25) is 0 Å². The molecule has 1 aliphatic carbocycles. The molecule has 0 aromatic heterocycles. The summed E-state index contributed by atoms with van der Waals surface area (Å²) in [4.78, 5) is 35.9. The SMILES string of the molecule is CCCCCCCC/C=C/CCCCCCCCCCCC(=O)O[C@@H](COC(=O)CCCCCCCCCCCCCCCCCCCCCC)COP(=O)(O)OC1C(O)C(O)C(O)[C@H](O)C1O. The number of hydrogen-bond acceptors (Lipinski definition) is 12. The Morgan fingerprint density at radius 3 is 1.12 bits per heavy atom. The number of rotatable bonds is 48. The molecule has 14 heteroatoms. The molecule has 0 amide bonds. The highest BCUT2D eigenvalue weighted by Gasteiger charge is 2.51. The first-order valence-corrected chi connectivity index (χ1v) is 29.5. The van der Waals surface area contributed by atoms with Crippen LogP contribution in [-0.4, -0.2) is 98.3 Å². The Bertz CT molecular complexity index is 1240. The summed E-state index contributed by atoms with van der Waals surface area (Å²) in [5.74, 6) is -1.08. The zero-order valence-electron chi connectivity index (χ0n) is 43.2. The zero-order chi connectivity index (χ0) is 49.9. The fourth-order valence-corrected chi connectivity index (χ4v) is 9.85. The Hall–Kier alpha value is -1.41. The summed E-state index contributed by atoms with van der Waals surface area (Å²) in [6, 6.07) is 0. The van der Waals surface area contributed by atoms with Gasteiger partial charge in [0, 0.05) is 12.8 Å². The Kier molecular flexibility index (Phi) is 42.1. The summed E-state index contributed by atoms with van der Waals surface area (Å²) in [6.45, 7) is 3.35. The van der Waals surface area contributed by atoms with Gasteiger partial charge in [-0.25, -0.2) is 4.57 Å².